The lowest BCUT2D eigenvalue weighted by molar-refractivity contribution is -0.379. The Morgan fingerprint density at radius 2 is 0.711 bits per heavy atom. The quantitative estimate of drug-likeness (QED) is 0.0199. The summed E-state index contributed by atoms with van der Waals surface area (Å²) in [5.74, 6) is -0.272. The zero-order valence-corrected chi connectivity index (χ0v) is 60.3. The lowest BCUT2D eigenvalue weighted by Crippen LogP contribution is -2.66. The van der Waals surface area contributed by atoms with E-state index in [4.69, 9.17) is 28.4 Å². The molecule has 3 heterocycles. The molecule has 566 valence electrons. The van der Waals surface area contributed by atoms with Gasteiger partial charge in [-0.15, -0.1) is 0 Å². The Bertz CT molecular complexity index is 1990. The molecule has 12 N–H and O–H groups in total. The second-order valence-corrected chi connectivity index (χ2v) is 27.8. The first-order valence-electron chi connectivity index (χ1n) is 39.0. The van der Waals surface area contributed by atoms with Crippen LogP contribution in [0.1, 0.15) is 296 Å². The molecule has 0 aromatic heterocycles. The third-order valence-corrected chi connectivity index (χ3v) is 19.3. The van der Waals surface area contributed by atoms with Gasteiger partial charge in [-0.3, -0.25) is 4.79 Å². The van der Waals surface area contributed by atoms with Crippen LogP contribution in [0.15, 0.2) is 60.8 Å². The lowest BCUT2D eigenvalue weighted by atomic mass is 9.96. The van der Waals surface area contributed by atoms with Crippen molar-refractivity contribution in [2.24, 2.45) is 0 Å². The van der Waals surface area contributed by atoms with Crippen molar-refractivity contribution in [3.05, 3.63) is 60.8 Å². The average molecular weight is 1380 g/mol. The molecule has 19 heteroatoms. The van der Waals surface area contributed by atoms with E-state index < -0.39 is 124 Å². The van der Waals surface area contributed by atoms with Gasteiger partial charge in [-0.25, -0.2) is 0 Å². The fraction of sp³-hybridized carbons (Fsp3) is 0.859. The summed E-state index contributed by atoms with van der Waals surface area (Å²) in [5.41, 5.74) is 0. The van der Waals surface area contributed by atoms with Crippen molar-refractivity contribution in [3.63, 3.8) is 0 Å². The largest absolute Gasteiger partial charge is 0.394 e. The Kier molecular flexibility index (Phi) is 53.9. The number of carbonyl (C=O) groups excluding carboxylic acids is 1. The molecule has 3 fully saturated rings. The number of allylic oxidation sites excluding steroid dienone is 9. The third kappa shape index (κ3) is 39.6. The molecule has 3 rings (SSSR count). The van der Waals surface area contributed by atoms with E-state index in [1.807, 2.05) is 6.08 Å². The standard InChI is InChI=1S/C78H141NO18/c1-3-5-7-9-11-13-15-17-18-19-20-21-22-23-24-25-26-27-28-29-30-31-32-33-34-35-36-37-38-39-40-41-42-44-46-48-50-52-54-56-66(84)79-61(62(83)55-53-51-49-47-45-43-16-14-12-10-8-6-4-2)60-92-76-72(90)69(87)74(64(58-81)94-76)97-78-73(91)70(88)75(65(59-82)95-78)96-77-71(89)68(86)67(85)63(57-80)93-77/h5,7,11,13,17-18,20-21,53,55,61-65,67-78,80-83,85-91H,3-4,6,8-10,12,14-16,19,22-52,54,56-60H2,1-2H3,(H,79,84)/b7-5-,13-11-,18-17-,21-20-,55-53+. The van der Waals surface area contributed by atoms with Crippen molar-refractivity contribution in [2.75, 3.05) is 26.4 Å². The van der Waals surface area contributed by atoms with Crippen LogP contribution in [0.2, 0.25) is 0 Å². The predicted molar refractivity (Wildman–Crippen MR) is 383 cm³/mol. The number of rotatable bonds is 61. The minimum atomic E-state index is -1.98. The highest BCUT2D eigenvalue weighted by atomic mass is 16.8. The van der Waals surface area contributed by atoms with Crippen LogP contribution in [0.25, 0.3) is 0 Å². The number of ether oxygens (including phenoxy) is 6. The number of carbonyl (C=O) groups is 1. The molecule has 0 aliphatic carbocycles. The minimum Gasteiger partial charge on any atom is -0.394 e. The van der Waals surface area contributed by atoms with E-state index in [-0.39, 0.29) is 18.9 Å². The summed E-state index contributed by atoms with van der Waals surface area (Å²) in [6.45, 7) is 1.63. The number of nitrogens with one attached hydrogen (secondary N) is 1. The smallest absolute Gasteiger partial charge is 0.220 e. The first-order valence-corrected chi connectivity index (χ1v) is 39.0. The third-order valence-electron chi connectivity index (χ3n) is 19.3. The van der Waals surface area contributed by atoms with Crippen molar-refractivity contribution in [1.82, 2.24) is 5.32 Å². The summed E-state index contributed by atoms with van der Waals surface area (Å²) in [6.07, 6.45) is 48.1. The highest BCUT2D eigenvalue weighted by molar-refractivity contribution is 5.76. The molecule has 19 nitrogen and oxygen atoms in total. The monoisotopic (exact) mass is 1380 g/mol. The van der Waals surface area contributed by atoms with Crippen molar-refractivity contribution >= 4 is 5.91 Å². The Morgan fingerprint density at radius 1 is 0.381 bits per heavy atom. The van der Waals surface area contributed by atoms with Crippen LogP contribution in [0.3, 0.4) is 0 Å². The summed E-state index contributed by atoms with van der Waals surface area (Å²) < 4.78 is 34.4. The zero-order valence-electron chi connectivity index (χ0n) is 60.3. The molecule has 17 atom stereocenters. The molecule has 0 aromatic carbocycles. The van der Waals surface area contributed by atoms with Gasteiger partial charge in [-0.05, 0) is 57.8 Å². The highest BCUT2D eigenvalue weighted by Crippen LogP contribution is 2.33. The van der Waals surface area contributed by atoms with E-state index in [0.29, 0.717) is 6.42 Å². The van der Waals surface area contributed by atoms with Crippen molar-refractivity contribution in [1.29, 1.82) is 0 Å². The predicted octanol–water partition coefficient (Wildman–Crippen LogP) is 12.3. The second-order valence-electron chi connectivity index (χ2n) is 27.8. The summed E-state index contributed by atoms with van der Waals surface area (Å²) in [7, 11) is 0. The van der Waals surface area contributed by atoms with Gasteiger partial charge in [0.25, 0.3) is 0 Å². The van der Waals surface area contributed by atoms with Gasteiger partial charge in [-0.1, -0.05) is 293 Å². The van der Waals surface area contributed by atoms with E-state index in [1.54, 1.807) is 6.08 Å². The normalized spacial score (nSPS) is 27.2. The number of amides is 1. The first kappa shape index (κ1) is 88.7. The first-order chi connectivity index (χ1) is 47.3. The molecule has 0 aromatic rings. The van der Waals surface area contributed by atoms with Gasteiger partial charge in [0.15, 0.2) is 18.9 Å². The van der Waals surface area contributed by atoms with Crippen LogP contribution in [-0.2, 0) is 33.2 Å². The van der Waals surface area contributed by atoms with E-state index in [9.17, 15) is 61.0 Å². The Labute approximate surface area is 586 Å². The van der Waals surface area contributed by atoms with Gasteiger partial charge >= 0.3 is 0 Å². The molecule has 0 spiro atoms. The van der Waals surface area contributed by atoms with E-state index >= 15 is 0 Å². The molecular formula is C78H141NO18. The van der Waals surface area contributed by atoms with Crippen molar-refractivity contribution < 1.29 is 89.4 Å². The Balaban J connectivity index is 1.28. The molecule has 3 aliphatic rings. The molecule has 0 radical (unpaired) electrons. The molecule has 0 saturated carbocycles. The Morgan fingerprint density at radius 3 is 1.11 bits per heavy atom. The van der Waals surface area contributed by atoms with Gasteiger partial charge in [0.05, 0.1) is 38.6 Å². The van der Waals surface area contributed by atoms with E-state index in [2.05, 4.69) is 67.8 Å². The number of hydrogen-bond acceptors (Lipinski definition) is 18. The molecule has 3 saturated heterocycles. The number of aliphatic hydroxyl groups excluding tert-OH is 11. The van der Waals surface area contributed by atoms with Crippen LogP contribution < -0.4 is 5.32 Å². The fourth-order valence-corrected chi connectivity index (χ4v) is 13.1. The maximum atomic E-state index is 13.4. The van der Waals surface area contributed by atoms with Gasteiger partial charge in [0.1, 0.15) is 73.2 Å². The average Bonchev–Trinajstić information content (AvgIpc) is 0.809. The summed E-state index contributed by atoms with van der Waals surface area (Å²) in [6, 6.07) is -0.971. The van der Waals surface area contributed by atoms with Crippen molar-refractivity contribution in [2.45, 2.75) is 401 Å². The van der Waals surface area contributed by atoms with Gasteiger partial charge in [-0.2, -0.15) is 0 Å². The number of hydrogen-bond donors (Lipinski definition) is 12. The van der Waals surface area contributed by atoms with Crippen molar-refractivity contribution in [3.8, 4) is 0 Å². The maximum Gasteiger partial charge on any atom is 0.220 e. The van der Waals surface area contributed by atoms with E-state index in [1.165, 1.54) is 199 Å². The second kappa shape index (κ2) is 58.9. The highest BCUT2D eigenvalue weighted by Gasteiger charge is 2.53. The maximum absolute atomic E-state index is 13.4. The molecular weight excluding hydrogens is 1240 g/mol. The van der Waals surface area contributed by atoms with E-state index in [0.717, 1.165) is 70.6 Å². The summed E-state index contributed by atoms with van der Waals surface area (Å²) in [5, 5.41) is 121. The van der Waals surface area contributed by atoms with Gasteiger partial charge in [0.2, 0.25) is 5.91 Å². The topological polar surface area (TPSA) is 307 Å². The fourth-order valence-electron chi connectivity index (χ4n) is 13.1. The van der Waals surface area contributed by atoms with Crippen LogP contribution in [0.4, 0.5) is 0 Å². The summed E-state index contributed by atoms with van der Waals surface area (Å²) in [4.78, 5) is 13.4. The minimum absolute atomic E-state index is 0.246. The SMILES string of the molecule is CC/C=C\C/C=C\C/C=C\C/C=C\CCCCCCCCCCCCCCCCCCCCCCCCCCCCC(=O)NC(COC1OC(CO)C(OC2OC(CO)C(OC3OC(CO)C(O)C(O)C3O)C(O)C2O)C(O)C1O)C(O)/C=C/CCCCCCCCCCCCC. The number of aliphatic hydroxyl groups is 11. The summed E-state index contributed by atoms with van der Waals surface area (Å²) >= 11 is 0. The van der Waals surface area contributed by atoms with Crippen LogP contribution in [0, 0.1) is 0 Å². The van der Waals surface area contributed by atoms with Crippen LogP contribution in [-0.4, -0.2) is 193 Å². The molecule has 0 bridgehead atoms. The Hall–Kier alpha value is -2.51. The van der Waals surface area contributed by atoms with Crippen LogP contribution >= 0.6 is 0 Å². The van der Waals surface area contributed by atoms with Crippen LogP contribution in [0.5, 0.6) is 0 Å². The zero-order chi connectivity index (χ0) is 70.4. The molecule has 17 unspecified atom stereocenters. The van der Waals surface area contributed by atoms with Gasteiger partial charge < -0.3 is 89.9 Å². The molecule has 97 heavy (non-hydrogen) atoms. The molecule has 3 aliphatic heterocycles. The number of unbranched alkanes of at least 4 members (excludes halogenated alkanes) is 37. The molecule has 1 amide bonds. The lowest BCUT2D eigenvalue weighted by Gasteiger charge is -2.48. The van der Waals surface area contributed by atoms with Gasteiger partial charge in [0, 0.05) is 6.42 Å².